The fourth-order valence-electron chi connectivity index (χ4n) is 2.98. The van der Waals surface area contributed by atoms with Gasteiger partial charge in [0.1, 0.15) is 5.75 Å². The number of hydrogen-bond acceptors (Lipinski definition) is 5. The van der Waals surface area contributed by atoms with Gasteiger partial charge in [-0.3, -0.25) is 9.78 Å². The highest BCUT2D eigenvalue weighted by molar-refractivity contribution is 7.89. The molecule has 0 aliphatic carbocycles. The molecule has 0 atom stereocenters. The molecule has 1 N–H and O–H groups in total. The molecule has 1 aromatic heterocycles. The van der Waals surface area contributed by atoms with E-state index in [0.29, 0.717) is 18.1 Å². The highest BCUT2D eigenvalue weighted by Crippen LogP contribution is 2.29. The number of halogens is 1. The van der Waals surface area contributed by atoms with E-state index in [1.807, 2.05) is 31.2 Å². The maximum absolute atomic E-state index is 13.4. The fourth-order valence-corrected chi connectivity index (χ4v) is 4.70. The summed E-state index contributed by atoms with van der Waals surface area (Å²) in [6.07, 6.45) is 1.63. The largest absolute Gasteiger partial charge is 0.492 e. The third-order valence-corrected chi connectivity index (χ3v) is 6.64. The Morgan fingerprint density at radius 3 is 2.50 bits per heavy atom. The lowest BCUT2D eigenvalue weighted by Gasteiger charge is -2.22. The van der Waals surface area contributed by atoms with Gasteiger partial charge in [0.2, 0.25) is 15.9 Å². The van der Waals surface area contributed by atoms with E-state index >= 15 is 0 Å². The average Bonchev–Trinajstić information content (AvgIpc) is 2.80. The first-order chi connectivity index (χ1) is 15.4. The summed E-state index contributed by atoms with van der Waals surface area (Å²) in [4.78, 5) is 16.7. The first-order valence-electron chi connectivity index (χ1n) is 10.0. The van der Waals surface area contributed by atoms with Gasteiger partial charge in [-0.25, -0.2) is 8.42 Å². The quantitative estimate of drug-likeness (QED) is 0.485. The average molecular weight is 474 g/mol. The van der Waals surface area contributed by atoms with Crippen molar-refractivity contribution in [3.63, 3.8) is 0 Å². The number of amides is 1. The zero-order valence-electron chi connectivity index (χ0n) is 17.6. The van der Waals surface area contributed by atoms with Crippen molar-refractivity contribution < 1.29 is 17.9 Å². The zero-order valence-corrected chi connectivity index (χ0v) is 19.1. The van der Waals surface area contributed by atoms with E-state index in [2.05, 4.69) is 10.3 Å². The summed E-state index contributed by atoms with van der Waals surface area (Å²) in [6.45, 7) is 2.10. The standard InChI is InChI=1S/C23H24ClN3O4S/c1-2-31-22-12-11-20(14-21(22)24)32(29,30)27(16-18-8-4-3-5-9-18)17-23(28)26-15-19-10-6-7-13-25-19/h3-14H,2,15-17H2,1H3,(H,26,28). The Labute approximate surface area is 193 Å². The van der Waals surface area contributed by atoms with Crippen LogP contribution in [0.25, 0.3) is 0 Å². The van der Waals surface area contributed by atoms with Crippen LogP contribution in [0.3, 0.4) is 0 Å². The summed E-state index contributed by atoms with van der Waals surface area (Å²) in [7, 11) is -4.01. The van der Waals surface area contributed by atoms with E-state index in [1.54, 1.807) is 30.5 Å². The molecular weight excluding hydrogens is 450 g/mol. The van der Waals surface area contributed by atoms with Crippen molar-refractivity contribution >= 4 is 27.5 Å². The molecule has 2 aromatic carbocycles. The Hall–Kier alpha value is -2.94. The minimum absolute atomic E-state index is 0.0144. The molecule has 0 bridgehead atoms. The van der Waals surface area contributed by atoms with Crippen LogP contribution in [0.2, 0.25) is 5.02 Å². The molecule has 0 fully saturated rings. The smallest absolute Gasteiger partial charge is 0.243 e. The topological polar surface area (TPSA) is 88.6 Å². The number of rotatable bonds is 10. The molecule has 3 rings (SSSR count). The van der Waals surface area contributed by atoms with E-state index in [-0.39, 0.29) is 29.6 Å². The second-order valence-electron chi connectivity index (χ2n) is 6.88. The Balaban J connectivity index is 1.82. The summed E-state index contributed by atoms with van der Waals surface area (Å²) < 4.78 is 33.3. The first kappa shape index (κ1) is 23.7. The van der Waals surface area contributed by atoms with Crippen molar-refractivity contribution in [2.45, 2.75) is 24.9 Å². The predicted molar refractivity (Wildman–Crippen MR) is 123 cm³/mol. The van der Waals surface area contributed by atoms with Crippen LogP contribution >= 0.6 is 11.6 Å². The maximum atomic E-state index is 13.4. The predicted octanol–water partition coefficient (Wildman–Crippen LogP) is 3.64. The molecule has 9 heteroatoms. The second kappa shape index (κ2) is 11.1. The zero-order chi connectivity index (χ0) is 23.0. The van der Waals surface area contributed by atoms with Gasteiger partial charge in [0.25, 0.3) is 0 Å². The van der Waals surface area contributed by atoms with E-state index < -0.39 is 15.9 Å². The van der Waals surface area contributed by atoms with Crippen LogP contribution in [0.4, 0.5) is 0 Å². The number of carbonyl (C=O) groups excluding carboxylic acids is 1. The van der Waals surface area contributed by atoms with Crippen LogP contribution < -0.4 is 10.1 Å². The van der Waals surface area contributed by atoms with E-state index in [1.165, 1.54) is 18.2 Å². The second-order valence-corrected chi connectivity index (χ2v) is 9.23. The number of benzene rings is 2. The summed E-state index contributed by atoms with van der Waals surface area (Å²) in [5.74, 6) is -0.0389. The fraction of sp³-hybridized carbons (Fsp3) is 0.217. The molecule has 0 saturated heterocycles. The first-order valence-corrected chi connectivity index (χ1v) is 11.8. The minimum Gasteiger partial charge on any atom is -0.492 e. The third kappa shape index (κ3) is 6.29. The Kier molecular flexibility index (Phi) is 8.21. The van der Waals surface area contributed by atoms with Gasteiger partial charge in [0.15, 0.2) is 0 Å². The molecular formula is C23H24ClN3O4S. The lowest BCUT2D eigenvalue weighted by Crippen LogP contribution is -2.40. The van der Waals surface area contributed by atoms with Gasteiger partial charge in [0.05, 0.1) is 35.3 Å². The molecule has 1 heterocycles. The molecule has 168 valence electrons. The highest BCUT2D eigenvalue weighted by atomic mass is 35.5. The molecule has 0 radical (unpaired) electrons. The van der Waals surface area contributed by atoms with Crippen LogP contribution in [0.15, 0.2) is 77.8 Å². The van der Waals surface area contributed by atoms with Crippen molar-refractivity contribution in [2.24, 2.45) is 0 Å². The summed E-state index contributed by atoms with van der Waals surface area (Å²) in [6, 6.07) is 18.7. The lowest BCUT2D eigenvalue weighted by molar-refractivity contribution is -0.121. The van der Waals surface area contributed by atoms with Crippen LogP contribution in [0, 0.1) is 0 Å². The molecule has 0 aliphatic rings. The number of pyridine rings is 1. The number of hydrogen-bond donors (Lipinski definition) is 1. The third-order valence-electron chi connectivity index (χ3n) is 4.56. The molecule has 0 unspecified atom stereocenters. The molecule has 0 aliphatic heterocycles. The number of ether oxygens (including phenoxy) is 1. The summed E-state index contributed by atoms with van der Waals surface area (Å²) in [5.41, 5.74) is 1.43. The maximum Gasteiger partial charge on any atom is 0.243 e. The molecule has 32 heavy (non-hydrogen) atoms. The highest BCUT2D eigenvalue weighted by Gasteiger charge is 2.27. The van der Waals surface area contributed by atoms with Crippen molar-refractivity contribution in [3.8, 4) is 5.75 Å². The van der Waals surface area contributed by atoms with Gasteiger partial charge in [-0.05, 0) is 42.8 Å². The Bertz CT molecular complexity index is 1140. The molecule has 3 aromatic rings. The monoisotopic (exact) mass is 473 g/mol. The molecule has 0 spiro atoms. The van der Waals surface area contributed by atoms with E-state index in [0.717, 1.165) is 9.87 Å². The van der Waals surface area contributed by atoms with Gasteiger partial charge in [0, 0.05) is 12.7 Å². The SMILES string of the molecule is CCOc1ccc(S(=O)(=O)N(CC(=O)NCc2ccccn2)Cc2ccccc2)cc1Cl. The number of carbonyl (C=O) groups is 1. The molecule has 1 amide bonds. The van der Waals surface area contributed by atoms with Gasteiger partial charge < -0.3 is 10.1 Å². The van der Waals surface area contributed by atoms with Crippen molar-refractivity contribution in [2.75, 3.05) is 13.2 Å². The van der Waals surface area contributed by atoms with Crippen molar-refractivity contribution in [1.82, 2.24) is 14.6 Å². The van der Waals surface area contributed by atoms with Gasteiger partial charge in [-0.15, -0.1) is 0 Å². The summed E-state index contributed by atoms with van der Waals surface area (Å²) >= 11 is 6.21. The van der Waals surface area contributed by atoms with Crippen molar-refractivity contribution in [3.05, 3.63) is 89.2 Å². The number of aromatic nitrogens is 1. The van der Waals surface area contributed by atoms with Crippen molar-refractivity contribution in [1.29, 1.82) is 0 Å². The lowest BCUT2D eigenvalue weighted by atomic mass is 10.2. The van der Waals surface area contributed by atoms with Crippen LogP contribution in [-0.4, -0.2) is 36.8 Å². The van der Waals surface area contributed by atoms with Gasteiger partial charge in [-0.1, -0.05) is 48.0 Å². The normalized spacial score (nSPS) is 11.3. The Morgan fingerprint density at radius 1 is 1.09 bits per heavy atom. The van der Waals surface area contributed by atoms with Crippen LogP contribution in [-0.2, 0) is 27.9 Å². The number of sulfonamides is 1. The minimum atomic E-state index is -4.01. The van der Waals surface area contributed by atoms with E-state index in [4.69, 9.17) is 16.3 Å². The Morgan fingerprint density at radius 2 is 1.84 bits per heavy atom. The van der Waals surface area contributed by atoms with Crippen LogP contribution in [0.5, 0.6) is 5.75 Å². The molecule has 0 saturated carbocycles. The van der Waals surface area contributed by atoms with Gasteiger partial charge >= 0.3 is 0 Å². The molecule has 7 nitrogen and oxygen atoms in total. The number of nitrogens with one attached hydrogen (secondary N) is 1. The van der Waals surface area contributed by atoms with Crippen LogP contribution in [0.1, 0.15) is 18.2 Å². The summed E-state index contributed by atoms with van der Waals surface area (Å²) in [5, 5.41) is 2.91. The number of nitrogens with zero attached hydrogens (tertiary/aromatic N) is 2. The van der Waals surface area contributed by atoms with Gasteiger partial charge in [-0.2, -0.15) is 4.31 Å². The van der Waals surface area contributed by atoms with E-state index in [9.17, 15) is 13.2 Å².